The Bertz CT molecular complexity index is 1290. The Morgan fingerprint density at radius 3 is 2.33 bits per heavy atom. The maximum Gasteiger partial charge on any atom is 0.205 e. The Morgan fingerprint density at radius 1 is 0.949 bits per heavy atom. The van der Waals surface area contributed by atoms with E-state index in [4.69, 9.17) is 15.7 Å². The van der Waals surface area contributed by atoms with Crippen LogP contribution in [0.5, 0.6) is 0 Å². The van der Waals surface area contributed by atoms with Crippen LogP contribution in [0, 0.1) is 12.8 Å². The molecule has 12 heteroatoms. The summed E-state index contributed by atoms with van der Waals surface area (Å²) in [6.07, 6.45) is 5.89. The van der Waals surface area contributed by atoms with Crippen LogP contribution in [-0.2, 0) is 6.54 Å². The highest BCUT2D eigenvalue weighted by Gasteiger charge is 2.24. The molecule has 0 radical (unpaired) electrons. The molecule has 0 saturated carbocycles. The van der Waals surface area contributed by atoms with Crippen LogP contribution in [0.3, 0.4) is 0 Å². The first kappa shape index (κ1) is 37.1. The number of fused-ring (bicyclic) bond motifs is 2. The van der Waals surface area contributed by atoms with Gasteiger partial charge in [0.15, 0.2) is 5.65 Å². The van der Waals surface area contributed by atoms with Crippen molar-refractivity contribution in [1.29, 1.82) is 0 Å². The topological polar surface area (TPSA) is 116 Å². The Hall–Kier alpha value is -1.91. The van der Waals surface area contributed by atoms with Crippen molar-refractivity contribution in [2.24, 2.45) is 11.7 Å². The van der Waals surface area contributed by atoms with Crippen molar-refractivity contribution in [3.05, 3.63) is 59.9 Å². The summed E-state index contributed by atoms with van der Waals surface area (Å²) >= 11 is 0. The van der Waals surface area contributed by atoms with Gasteiger partial charge >= 0.3 is 0 Å². The number of halogens is 4. The van der Waals surface area contributed by atoms with Gasteiger partial charge in [-0.25, -0.2) is 9.97 Å². The van der Waals surface area contributed by atoms with Gasteiger partial charge in [-0.1, -0.05) is 38.1 Å². The van der Waals surface area contributed by atoms with Gasteiger partial charge in [0.25, 0.3) is 0 Å². The van der Waals surface area contributed by atoms with Crippen molar-refractivity contribution in [3.63, 3.8) is 0 Å². The molecule has 0 bridgehead atoms. The van der Waals surface area contributed by atoms with E-state index in [-0.39, 0.29) is 61.1 Å². The van der Waals surface area contributed by atoms with Crippen LogP contribution in [0.15, 0.2) is 48.8 Å². The van der Waals surface area contributed by atoms with Crippen LogP contribution in [0.4, 0.5) is 5.95 Å². The lowest BCUT2D eigenvalue weighted by Crippen LogP contribution is -2.46. The summed E-state index contributed by atoms with van der Waals surface area (Å²) in [5, 5.41) is 4.91. The Labute approximate surface area is 255 Å². The van der Waals surface area contributed by atoms with Crippen LogP contribution in [0.2, 0.25) is 0 Å². The number of imidazole rings is 1. The van der Waals surface area contributed by atoms with E-state index < -0.39 is 0 Å². The molecule has 1 unspecified atom stereocenters. The quantitative estimate of drug-likeness (QED) is 0.298. The van der Waals surface area contributed by atoms with E-state index >= 15 is 0 Å². The van der Waals surface area contributed by atoms with Crippen LogP contribution in [-0.4, -0.2) is 61.6 Å². The number of aromatic nitrogens is 4. The van der Waals surface area contributed by atoms with E-state index in [1.54, 1.807) is 0 Å². The second kappa shape index (κ2) is 16.4. The van der Waals surface area contributed by atoms with Crippen molar-refractivity contribution in [1.82, 2.24) is 24.4 Å². The largest absolute Gasteiger partial charge is 0.412 e. The molecular weight excluding hydrogens is 580 g/mol. The number of anilines is 1. The number of benzene rings is 1. The van der Waals surface area contributed by atoms with Crippen molar-refractivity contribution in [2.45, 2.75) is 52.2 Å². The van der Waals surface area contributed by atoms with Gasteiger partial charge < -0.3 is 21.4 Å². The van der Waals surface area contributed by atoms with Gasteiger partial charge in [0.1, 0.15) is 5.52 Å². The Morgan fingerprint density at radius 2 is 1.64 bits per heavy atom. The van der Waals surface area contributed by atoms with E-state index in [1.165, 1.54) is 5.56 Å². The summed E-state index contributed by atoms with van der Waals surface area (Å²) in [4.78, 5) is 16.9. The number of pyridine rings is 2. The van der Waals surface area contributed by atoms with Crippen molar-refractivity contribution >= 4 is 77.6 Å². The molecule has 0 aliphatic carbocycles. The molecule has 5 rings (SSSR count). The Kier molecular flexibility index (Phi) is 15.6. The van der Waals surface area contributed by atoms with Gasteiger partial charge in [-0.2, -0.15) is 0 Å². The third-order valence-electron chi connectivity index (χ3n) is 7.13. The first-order valence-electron chi connectivity index (χ1n) is 12.4. The fourth-order valence-electron chi connectivity index (χ4n) is 4.82. The van der Waals surface area contributed by atoms with E-state index in [1.807, 2.05) is 24.5 Å². The summed E-state index contributed by atoms with van der Waals surface area (Å²) in [6.45, 7) is 10.3. The molecule has 0 amide bonds. The number of likely N-dealkylation sites (tertiary alicyclic amines) is 1. The van der Waals surface area contributed by atoms with Crippen molar-refractivity contribution in [3.8, 4) is 0 Å². The number of para-hydroxylation sites is 1. The molecule has 1 aromatic carbocycles. The standard InChI is InChI=1S/C27H35N7.4ClH.H2O/c1-18(2)23(28)17-33-14-10-22(11-15-33)31-27-32-24-19(3)9-13-30-26(24)34(27)16-21-7-4-6-20-8-5-12-29-25(20)21;;;;;/h4-9,12-13,18,22-23H,10-11,14-17,28H2,1-3H3,(H,31,32);4*1H;1H2. The number of nitrogens with two attached hydrogens (primary N) is 1. The predicted octanol–water partition coefficient (Wildman–Crippen LogP) is 5.06. The lowest BCUT2D eigenvalue weighted by molar-refractivity contribution is 0.194. The zero-order chi connectivity index (χ0) is 23.7. The fourth-order valence-corrected chi connectivity index (χ4v) is 4.82. The molecule has 218 valence electrons. The SMILES string of the molecule is Cc1ccnc2c1nc(NC1CCN(CC(N)C(C)C)CC1)n2Cc1cccc2cccnc12.Cl.Cl.Cl.Cl.O. The van der Waals surface area contributed by atoms with Gasteiger partial charge in [0, 0.05) is 49.5 Å². The monoisotopic (exact) mass is 619 g/mol. The Balaban J connectivity index is 0.00000289. The number of hydrogen-bond acceptors (Lipinski definition) is 6. The molecule has 1 aliphatic heterocycles. The molecule has 5 N–H and O–H groups in total. The van der Waals surface area contributed by atoms with Crippen LogP contribution < -0.4 is 11.1 Å². The second-order valence-corrected chi connectivity index (χ2v) is 9.94. The molecule has 1 aliphatic rings. The van der Waals surface area contributed by atoms with Gasteiger partial charge in [-0.3, -0.25) is 9.55 Å². The van der Waals surface area contributed by atoms with Gasteiger partial charge in [-0.15, -0.1) is 49.6 Å². The van der Waals surface area contributed by atoms with Gasteiger partial charge in [0.05, 0.1) is 12.1 Å². The fraction of sp³-hybridized carbons (Fsp3) is 0.444. The van der Waals surface area contributed by atoms with Crippen LogP contribution >= 0.6 is 49.6 Å². The van der Waals surface area contributed by atoms with E-state index in [0.717, 1.165) is 66.1 Å². The summed E-state index contributed by atoms with van der Waals surface area (Å²) in [5.41, 5.74) is 11.5. The predicted molar refractivity (Wildman–Crippen MR) is 172 cm³/mol. The van der Waals surface area contributed by atoms with Crippen LogP contribution in [0.1, 0.15) is 37.8 Å². The molecule has 1 saturated heterocycles. The maximum atomic E-state index is 6.31. The molecule has 39 heavy (non-hydrogen) atoms. The molecule has 1 atom stereocenters. The average molecular weight is 621 g/mol. The minimum Gasteiger partial charge on any atom is -0.412 e. The second-order valence-electron chi connectivity index (χ2n) is 9.94. The molecule has 8 nitrogen and oxygen atoms in total. The van der Waals surface area contributed by atoms with Gasteiger partial charge in [0.2, 0.25) is 5.95 Å². The minimum atomic E-state index is 0. The van der Waals surface area contributed by atoms with Crippen LogP contribution in [0.25, 0.3) is 22.1 Å². The van der Waals surface area contributed by atoms with E-state index in [0.29, 0.717) is 18.5 Å². The van der Waals surface area contributed by atoms with Crippen molar-refractivity contribution < 1.29 is 5.48 Å². The number of nitrogens with one attached hydrogen (secondary N) is 1. The summed E-state index contributed by atoms with van der Waals surface area (Å²) in [5.74, 6) is 1.40. The minimum absolute atomic E-state index is 0. The third-order valence-corrected chi connectivity index (χ3v) is 7.13. The van der Waals surface area contributed by atoms with Gasteiger partial charge in [-0.05, 0) is 48.9 Å². The number of aryl methyl sites for hydroxylation is 1. The zero-order valence-electron chi connectivity index (χ0n) is 22.5. The summed E-state index contributed by atoms with van der Waals surface area (Å²) in [6, 6.07) is 13.1. The first-order valence-corrected chi connectivity index (χ1v) is 12.4. The molecule has 4 aromatic rings. The summed E-state index contributed by atoms with van der Waals surface area (Å²) < 4.78 is 2.22. The van der Waals surface area contributed by atoms with E-state index in [9.17, 15) is 0 Å². The molecule has 3 aromatic heterocycles. The number of piperidine rings is 1. The number of rotatable bonds is 7. The van der Waals surface area contributed by atoms with E-state index in [2.05, 4.69) is 64.8 Å². The van der Waals surface area contributed by atoms with Crippen molar-refractivity contribution in [2.75, 3.05) is 25.0 Å². The highest BCUT2D eigenvalue weighted by atomic mass is 35.5. The highest BCUT2D eigenvalue weighted by Crippen LogP contribution is 2.26. The highest BCUT2D eigenvalue weighted by molar-refractivity contribution is 5.86. The smallest absolute Gasteiger partial charge is 0.205 e. The average Bonchev–Trinajstić information content (AvgIpc) is 3.18. The number of nitrogens with zero attached hydrogens (tertiary/aromatic N) is 5. The molecule has 1 fully saturated rings. The lowest BCUT2D eigenvalue weighted by atomic mass is 10.0. The number of hydrogen-bond donors (Lipinski definition) is 2. The zero-order valence-corrected chi connectivity index (χ0v) is 25.8. The first-order chi connectivity index (χ1) is 16.5. The maximum absolute atomic E-state index is 6.31. The third kappa shape index (κ3) is 8.30. The molecular formula is C27H41Cl4N7O. The molecule has 4 heterocycles. The summed E-state index contributed by atoms with van der Waals surface area (Å²) in [7, 11) is 0. The lowest BCUT2D eigenvalue weighted by Gasteiger charge is -2.34. The normalized spacial score (nSPS) is 14.4. The molecule has 0 spiro atoms.